The Morgan fingerprint density at radius 2 is 2.00 bits per heavy atom. The normalized spacial score (nSPS) is 11.7. The van der Waals surface area contributed by atoms with Crippen molar-refractivity contribution in [2.45, 2.75) is 14.8 Å². The summed E-state index contributed by atoms with van der Waals surface area (Å²) >= 11 is -1.93. The number of hydrogen-bond acceptors (Lipinski definition) is 1. The van der Waals surface area contributed by atoms with Crippen LogP contribution in [0.3, 0.4) is 0 Å². The minimum absolute atomic E-state index is 1.22. The molecule has 0 saturated heterocycles. The molecule has 15 heavy (non-hydrogen) atoms. The molecule has 2 aromatic rings. The van der Waals surface area contributed by atoms with Crippen molar-refractivity contribution in [2.24, 2.45) is 0 Å². The molecule has 2 nitrogen and oxygen atoms in total. The van der Waals surface area contributed by atoms with Gasteiger partial charge < -0.3 is 0 Å². The summed E-state index contributed by atoms with van der Waals surface area (Å²) in [6.07, 6.45) is 5.64. The molecule has 0 atom stereocenters. The molecule has 0 saturated carbocycles. The quantitative estimate of drug-likeness (QED) is 0.779. The molecule has 0 radical (unpaired) electrons. The van der Waals surface area contributed by atoms with Crippen molar-refractivity contribution in [3.05, 3.63) is 43.0 Å². The summed E-state index contributed by atoms with van der Waals surface area (Å²) in [6.45, 7) is 0. The van der Waals surface area contributed by atoms with Crippen LogP contribution >= 0.6 is 0 Å². The average Bonchev–Trinajstić information content (AvgIpc) is 2.69. The van der Waals surface area contributed by atoms with E-state index in [9.17, 15) is 0 Å². The van der Waals surface area contributed by atoms with Gasteiger partial charge in [-0.2, -0.15) is 0 Å². The maximum atomic E-state index is 4.07. The molecule has 0 N–H and O–H groups in total. The van der Waals surface area contributed by atoms with Gasteiger partial charge in [0.05, 0.1) is 0 Å². The van der Waals surface area contributed by atoms with E-state index in [1.54, 1.807) is 3.58 Å². The molecule has 0 amide bonds. The van der Waals surface area contributed by atoms with Crippen LogP contribution < -0.4 is 3.58 Å². The molecule has 2 rings (SSSR count). The Hall–Kier alpha value is -0.771. The van der Waals surface area contributed by atoms with E-state index in [0.717, 1.165) is 0 Å². The summed E-state index contributed by atoms with van der Waals surface area (Å²) in [7, 11) is 0. The number of aromatic nitrogens is 2. The minimum atomic E-state index is -1.93. The molecule has 0 bridgehead atoms. The van der Waals surface area contributed by atoms with Gasteiger partial charge in [-0.25, -0.2) is 0 Å². The van der Waals surface area contributed by atoms with Crippen LogP contribution in [0.2, 0.25) is 14.8 Å². The third-order valence-corrected chi connectivity index (χ3v) is 8.35. The molecule has 0 spiro atoms. The van der Waals surface area contributed by atoms with Crippen LogP contribution in [-0.4, -0.2) is 27.9 Å². The molecule has 0 aliphatic carbocycles. The molecule has 78 valence electrons. The molecule has 0 fully saturated rings. The van der Waals surface area contributed by atoms with E-state index in [4.69, 9.17) is 0 Å². The Morgan fingerprint density at radius 3 is 2.60 bits per heavy atom. The first kappa shape index (κ1) is 10.7. The van der Waals surface area contributed by atoms with Gasteiger partial charge in [-0.1, -0.05) is 0 Å². The van der Waals surface area contributed by atoms with Gasteiger partial charge >= 0.3 is 95.0 Å². The van der Waals surface area contributed by atoms with Gasteiger partial charge in [-0.3, -0.25) is 0 Å². The van der Waals surface area contributed by atoms with Crippen LogP contribution in [0.5, 0.6) is 0 Å². The van der Waals surface area contributed by atoms with Gasteiger partial charge in [0.1, 0.15) is 0 Å². The molecule has 0 unspecified atom stereocenters. The van der Waals surface area contributed by atoms with Gasteiger partial charge in [0, 0.05) is 0 Å². The molecule has 1 heterocycles. The first-order valence-electron chi connectivity index (χ1n) is 5.16. The van der Waals surface area contributed by atoms with Crippen LogP contribution in [-0.2, 0) is 0 Å². The summed E-state index contributed by atoms with van der Waals surface area (Å²) in [5, 5.41) is 0. The van der Waals surface area contributed by atoms with Crippen molar-refractivity contribution in [2.75, 3.05) is 0 Å². The summed E-state index contributed by atoms with van der Waals surface area (Å²) in [6, 6.07) is 8.84. The number of benzene rings is 1. The third-order valence-electron chi connectivity index (χ3n) is 2.51. The number of nitrogens with zero attached hydrogens (tertiary/aromatic N) is 2. The molecule has 0 aliphatic rings. The van der Waals surface area contributed by atoms with Crippen LogP contribution in [0.25, 0.3) is 5.69 Å². The first-order chi connectivity index (χ1) is 7.07. The van der Waals surface area contributed by atoms with Gasteiger partial charge in [-0.05, 0) is 0 Å². The van der Waals surface area contributed by atoms with E-state index in [0.29, 0.717) is 0 Å². The van der Waals surface area contributed by atoms with Crippen molar-refractivity contribution < 1.29 is 0 Å². The fourth-order valence-corrected chi connectivity index (χ4v) is 4.90. The maximum absolute atomic E-state index is 4.07. The van der Waals surface area contributed by atoms with Crippen LogP contribution in [0.4, 0.5) is 0 Å². The van der Waals surface area contributed by atoms with E-state index < -0.39 is 18.4 Å². The van der Waals surface area contributed by atoms with Crippen molar-refractivity contribution >= 4 is 22.0 Å². The monoisotopic (exact) mass is 308 g/mol. The Bertz CT molecular complexity index is 441. The number of hydrogen-bond donors (Lipinski definition) is 0. The Morgan fingerprint density at radius 1 is 1.20 bits per heavy atom. The van der Waals surface area contributed by atoms with Gasteiger partial charge in [-0.15, -0.1) is 0 Å². The van der Waals surface area contributed by atoms with Crippen molar-refractivity contribution in [3.63, 3.8) is 0 Å². The van der Waals surface area contributed by atoms with E-state index >= 15 is 0 Å². The second-order valence-corrected chi connectivity index (χ2v) is 19.3. The Balaban J connectivity index is 2.44. The molecule has 3 heteroatoms. The van der Waals surface area contributed by atoms with Crippen molar-refractivity contribution in [3.8, 4) is 5.69 Å². The summed E-state index contributed by atoms with van der Waals surface area (Å²) in [5.41, 5.74) is 1.22. The summed E-state index contributed by atoms with van der Waals surface area (Å²) < 4.78 is 3.61. The van der Waals surface area contributed by atoms with Gasteiger partial charge in [0.2, 0.25) is 0 Å². The van der Waals surface area contributed by atoms with E-state index in [-0.39, 0.29) is 0 Å². The zero-order chi connectivity index (χ0) is 10.9. The zero-order valence-electron chi connectivity index (χ0n) is 9.44. The van der Waals surface area contributed by atoms with E-state index in [2.05, 4.69) is 48.6 Å². The van der Waals surface area contributed by atoms with Crippen molar-refractivity contribution in [1.82, 2.24) is 9.55 Å². The third kappa shape index (κ3) is 2.42. The molecule has 1 aromatic carbocycles. The predicted octanol–water partition coefficient (Wildman–Crippen LogP) is 2.42. The zero-order valence-corrected chi connectivity index (χ0v) is 12.3. The molecular weight excluding hydrogens is 291 g/mol. The summed E-state index contributed by atoms with van der Waals surface area (Å²) in [4.78, 5) is 11.4. The van der Waals surface area contributed by atoms with Crippen LogP contribution in [0.1, 0.15) is 0 Å². The SMILES string of the molecule is [CH3][Sn]([CH3])([CH3])[c]1cccc(-n2ccnc2)c1. The van der Waals surface area contributed by atoms with Crippen LogP contribution in [0.15, 0.2) is 43.0 Å². The topological polar surface area (TPSA) is 17.8 Å². The molecule has 1 aromatic heterocycles. The average molecular weight is 307 g/mol. The number of rotatable bonds is 2. The predicted molar refractivity (Wildman–Crippen MR) is 66.5 cm³/mol. The Kier molecular flexibility index (Phi) is 2.87. The second kappa shape index (κ2) is 4.00. The Labute approximate surface area is 94.8 Å². The molecular formula is C12H16N2Sn. The van der Waals surface area contributed by atoms with Crippen molar-refractivity contribution in [1.29, 1.82) is 0 Å². The van der Waals surface area contributed by atoms with Gasteiger partial charge in [0.25, 0.3) is 0 Å². The number of imidazole rings is 1. The van der Waals surface area contributed by atoms with E-state index in [1.165, 1.54) is 5.69 Å². The fraction of sp³-hybridized carbons (Fsp3) is 0.250. The molecule has 0 aliphatic heterocycles. The van der Waals surface area contributed by atoms with Crippen LogP contribution in [0, 0.1) is 0 Å². The standard InChI is InChI=1S/C9H7N2.3CH3.Sn/c1-2-4-9(5-3-1)11-7-6-10-8-11;;;;/h1-2,4-8H;3*1H3;. The van der Waals surface area contributed by atoms with E-state index in [1.807, 2.05) is 18.7 Å². The second-order valence-electron chi connectivity index (χ2n) is 4.77. The summed E-state index contributed by atoms with van der Waals surface area (Å²) in [5.74, 6) is 0. The fourth-order valence-electron chi connectivity index (χ4n) is 1.54. The first-order valence-corrected chi connectivity index (χ1v) is 15.2. The van der Waals surface area contributed by atoms with Gasteiger partial charge in [0.15, 0.2) is 0 Å².